The van der Waals surface area contributed by atoms with Crippen LogP contribution in [-0.4, -0.2) is 17.4 Å². The molecule has 4 heteroatoms. The van der Waals surface area contributed by atoms with Crippen LogP contribution in [0.5, 0.6) is 0 Å². The van der Waals surface area contributed by atoms with Gasteiger partial charge in [-0.05, 0) is 5.92 Å². The topological polar surface area (TPSA) is 61.7 Å². The molecule has 4 nitrogen and oxygen atoms in total. The number of amides is 1. The van der Waals surface area contributed by atoms with E-state index in [1.807, 2.05) is 19.3 Å². The Labute approximate surface area is 53.6 Å². The first kappa shape index (κ1) is 7.94. The molecule has 0 saturated heterocycles. The molecular weight excluding hydrogens is 120 g/mol. The summed E-state index contributed by atoms with van der Waals surface area (Å²) >= 11 is 0. The molecule has 0 bridgehead atoms. The van der Waals surface area contributed by atoms with Gasteiger partial charge in [-0.25, -0.2) is 10.2 Å². The molecule has 52 valence electrons. The molecule has 9 heavy (non-hydrogen) atoms. The Morgan fingerprint density at radius 2 is 2.33 bits per heavy atom. The van der Waals surface area contributed by atoms with Crippen LogP contribution >= 0.6 is 0 Å². The van der Waals surface area contributed by atoms with Crippen molar-refractivity contribution in [3.05, 3.63) is 0 Å². The van der Waals surface area contributed by atoms with Gasteiger partial charge in [0.05, 0.1) is 0 Å². The first-order valence-corrected chi connectivity index (χ1v) is 2.65. The van der Waals surface area contributed by atoms with Gasteiger partial charge >= 0.3 is 6.09 Å². The third-order valence-electron chi connectivity index (χ3n) is 0.533. The summed E-state index contributed by atoms with van der Waals surface area (Å²) in [5.41, 5.74) is 1.86. The van der Waals surface area contributed by atoms with E-state index in [1.54, 1.807) is 0 Å². The molecule has 0 aromatic rings. The van der Waals surface area contributed by atoms with Crippen molar-refractivity contribution in [2.45, 2.75) is 13.8 Å². The summed E-state index contributed by atoms with van der Waals surface area (Å²) in [5.74, 6) is 0.275. The average Bonchev–Trinajstić information content (AvgIpc) is 1.63. The summed E-state index contributed by atoms with van der Waals surface area (Å²) in [6.07, 6.45) is 0.389. The third kappa shape index (κ3) is 6.94. The number of hydrazone groups is 1. The van der Waals surface area contributed by atoms with Crippen LogP contribution in [0.25, 0.3) is 0 Å². The number of carbonyl (C=O) groups is 1. The second kappa shape index (κ2) is 3.88. The number of hydrogen-bond donors (Lipinski definition) is 2. The molecule has 0 saturated carbocycles. The minimum absolute atomic E-state index is 0.275. The largest absolute Gasteiger partial charge is 0.464 e. The molecule has 0 atom stereocenters. The van der Waals surface area contributed by atoms with Gasteiger partial charge in [-0.15, -0.1) is 0 Å². The maximum absolute atomic E-state index is 9.76. The number of nitrogens with one attached hydrogen (secondary N) is 1. The monoisotopic (exact) mass is 130 g/mol. The van der Waals surface area contributed by atoms with Crippen molar-refractivity contribution >= 4 is 12.3 Å². The maximum atomic E-state index is 9.76. The van der Waals surface area contributed by atoms with Crippen LogP contribution in [-0.2, 0) is 0 Å². The van der Waals surface area contributed by atoms with E-state index in [2.05, 4.69) is 5.10 Å². The van der Waals surface area contributed by atoms with Gasteiger partial charge in [0.25, 0.3) is 0 Å². The lowest BCUT2D eigenvalue weighted by molar-refractivity contribution is 0.195. The quantitative estimate of drug-likeness (QED) is 0.431. The summed E-state index contributed by atoms with van der Waals surface area (Å²) in [7, 11) is 0. The fraction of sp³-hybridized carbons (Fsp3) is 0.600. The fourth-order valence-electron chi connectivity index (χ4n) is 0.242. The summed E-state index contributed by atoms with van der Waals surface area (Å²) in [6.45, 7) is 3.82. The zero-order valence-corrected chi connectivity index (χ0v) is 5.46. The predicted octanol–water partition coefficient (Wildman–Crippen LogP) is 0.896. The normalized spacial score (nSPS) is 10.6. The molecule has 0 fully saturated rings. The number of rotatable bonds is 2. The molecule has 0 rings (SSSR count). The lowest BCUT2D eigenvalue weighted by Crippen LogP contribution is -2.14. The highest BCUT2D eigenvalue weighted by atomic mass is 16.4. The number of nitrogens with zero attached hydrogens (tertiary/aromatic N) is 1. The summed E-state index contributed by atoms with van der Waals surface area (Å²) in [5, 5.41) is 11.4. The van der Waals surface area contributed by atoms with Crippen LogP contribution in [0.15, 0.2) is 5.10 Å². The first-order valence-electron chi connectivity index (χ1n) is 2.65. The molecule has 0 aromatic carbocycles. The van der Waals surface area contributed by atoms with Gasteiger partial charge in [-0.3, -0.25) is 0 Å². The van der Waals surface area contributed by atoms with E-state index in [0.29, 0.717) is 0 Å². The molecule has 0 heterocycles. The van der Waals surface area contributed by atoms with E-state index in [4.69, 9.17) is 5.11 Å². The van der Waals surface area contributed by atoms with Crippen molar-refractivity contribution in [1.29, 1.82) is 0 Å². The number of carboxylic acid groups (broad SMARTS) is 1. The highest BCUT2D eigenvalue weighted by molar-refractivity contribution is 5.67. The predicted molar refractivity (Wildman–Crippen MR) is 34.5 cm³/mol. The smallest absolute Gasteiger partial charge is 0.425 e. The lowest BCUT2D eigenvalue weighted by atomic mass is 10.3. The Balaban J connectivity index is 3.36. The molecule has 0 spiro atoms. The van der Waals surface area contributed by atoms with E-state index in [-0.39, 0.29) is 5.92 Å². The van der Waals surface area contributed by atoms with E-state index in [0.717, 1.165) is 0 Å². The third-order valence-corrected chi connectivity index (χ3v) is 0.533. The van der Waals surface area contributed by atoms with Crippen molar-refractivity contribution in [2.75, 3.05) is 0 Å². The molecule has 0 unspecified atom stereocenters. The molecule has 1 amide bonds. The fourth-order valence-corrected chi connectivity index (χ4v) is 0.242. The Hall–Kier alpha value is -1.06. The van der Waals surface area contributed by atoms with Gasteiger partial charge in [0.15, 0.2) is 0 Å². The van der Waals surface area contributed by atoms with Crippen LogP contribution in [0, 0.1) is 5.92 Å². The van der Waals surface area contributed by atoms with Crippen molar-refractivity contribution in [3.8, 4) is 0 Å². The first-order chi connectivity index (χ1) is 4.13. The molecule has 2 N–H and O–H groups in total. The summed E-state index contributed by atoms with van der Waals surface area (Å²) < 4.78 is 0. The highest BCUT2D eigenvalue weighted by Crippen LogP contribution is 1.82. The Morgan fingerprint density at radius 3 is 2.67 bits per heavy atom. The van der Waals surface area contributed by atoms with Crippen LogP contribution in [0.3, 0.4) is 0 Å². The molecule has 0 aliphatic heterocycles. The lowest BCUT2D eigenvalue weighted by Gasteiger charge is -1.91. The molecule has 0 aliphatic rings. The minimum Gasteiger partial charge on any atom is -0.464 e. The molecule has 0 radical (unpaired) electrons. The van der Waals surface area contributed by atoms with Gasteiger partial charge in [-0.2, -0.15) is 5.10 Å². The summed E-state index contributed by atoms with van der Waals surface area (Å²) in [4.78, 5) is 9.76. The van der Waals surface area contributed by atoms with Crippen molar-refractivity contribution in [1.82, 2.24) is 5.43 Å². The van der Waals surface area contributed by atoms with E-state index in [1.165, 1.54) is 6.21 Å². The molecule has 0 aromatic heterocycles. The van der Waals surface area contributed by atoms with Crippen LogP contribution in [0.1, 0.15) is 13.8 Å². The SMILES string of the molecule is CC(C)C=NNC(=O)O. The van der Waals surface area contributed by atoms with Gasteiger partial charge in [0, 0.05) is 6.21 Å². The van der Waals surface area contributed by atoms with Crippen molar-refractivity contribution in [3.63, 3.8) is 0 Å². The number of hydrogen-bond acceptors (Lipinski definition) is 2. The average molecular weight is 130 g/mol. The Bertz CT molecular complexity index is 120. The van der Waals surface area contributed by atoms with Gasteiger partial charge in [0.2, 0.25) is 0 Å². The highest BCUT2D eigenvalue weighted by Gasteiger charge is 1.87. The standard InChI is InChI=1S/C5H10N2O2/c1-4(2)3-6-7-5(8)9/h3-4,7H,1-2H3,(H,8,9). The van der Waals surface area contributed by atoms with Crippen molar-refractivity contribution in [2.24, 2.45) is 11.0 Å². The Kier molecular flexibility index (Phi) is 3.43. The van der Waals surface area contributed by atoms with Crippen molar-refractivity contribution < 1.29 is 9.90 Å². The van der Waals surface area contributed by atoms with E-state index < -0.39 is 6.09 Å². The molecular formula is C5H10N2O2. The van der Waals surface area contributed by atoms with Gasteiger partial charge < -0.3 is 5.11 Å². The van der Waals surface area contributed by atoms with E-state index in [9.17, 15) is 4.79 Å². The van der Waals surface area contributed by atoms with Crippen LogP contribution in [0.4, 0.5) is 4.79 Å². The van der Waals surface area contributed by atoms with Gasteiger partial charge in [0.1, 0.15) is 0 Å². The van der Waals surface area contributed by atoms with E-state index >= 15 is 0 Å². The Morgan fingerprint density at radius 1 is 1.78 bits per heavy atom. The summed E-state index contributed by atoms with van der Waals surface area (Å²) in [6, 6.07) is 0. The second-order valence-corrected chi connectivity index (χ2v) is 1.94. The maximum Gasteiger partial charge on any atom is 0.425 e. The zero-order valence-electron chi connectivity index (χ0n) is 5.46. The zero-order chi connectivity index (χ0) is 7.28. The van der Waals surface area contributed by atoms with Crippen LogP contribution < -0.4 is 5.43 Å². The van der Waals surface area contributed by atoms with Gasteiger partial charge in [-0.1, -0.05) is 13.8 Å². The molecule has 0 aliphatic carbocycles. The second-order valence-electron chi connectivity index (χ2n) is 1.94. The van der Waals surface area contributed by atoms with Crippen LogP contribution in [0.2, 0.25) is 0 Å². The minimum atomic E-state index is -1.13.